The van der Waals surface area contributed by atoms with Gasteiger partial charge < -0.3 is 10.1 Å². The van der Waals surface area contributed by atoms with Crippen LogP contribution in [0.1, 0.15) is 22.2 Å². The van der Waals surface area contributed by atoms with Crippen molar-refractivity contribution in [2.24, 2.45) is 0 Å². The highest BCUT2D eigenvalue weighted by Crippen LogP contribution is 2.21. The molecule has 0 fully saturated rings. The van der Waals surface area contributed by atoms with E-state index in [1.807, 2.05) is 11.4 Å². The largest absolute Gasteiger partial charge is 0.491 e. The van der Waals surface area contributed by atoms with Crippen molar-refractivity contribution in [3.63, 3.8) is 0 Å². The van der Waals surface area contributed by atoms with Crippen LogP contribution in [0, 0.1) is 6.92 Å². The number of benzene rings is 1. The minimum atomic E-state index is -3.47. The maximum atomic E-state index is 11.9. The van der Waals surface area contributed by atoms with Crippen LogP contribution in [0.15, 0.2) is 40.6 Å². The monoisotopic (exact) mass is 368 g/mol. The molecule has 0 radical (unpaired) electrons. The van der Waals surface area contributed by atoms with Crippen LogP contribution in [0.4, 0.5) is 0 Å². The molecule has 0 aliphatic carbocycles. The first kappa shape index (κ1) is 18.4. The summed E-state index contributed by atoms with van der Waals surface area (Å²) in [5.41, 5.74) is 0.721. The van der Waals surface area contributed by atoms with E-state index in [0.717, 1.165) is 5.56 Å². The van der Waals surface area contributed by atoms with Gasteiger partial charge in [0.05, 0.1) is 16.3 Å². The van der Waals surface area contributed by atoms with E-state index in [0.29, 0.717) is 30.3 Å². The quantitative estimate of drug-likeness (QED) is 0.700. The summed E-state index contributed by atoms with van der Waals surface area (Å²) in [6.07, 6.45) is 0. The summed E-state index contributed by atoms with van der Waals surface area (Å²) in [6, 6.07) is 8.28. The molecule has 0 spiro atoms. The minimum Gasteiger partial charge on any atom is -0.491 e. The molecule has 0 aliphatic rings. The predicted octanol–water partition coefficient (Wildman–Crippen LogP) is 2.16. The number of rotatable bonds is 8. The van der Waals surface area contributed by atoms with Crippen molar-refractivity contribution >= 4 is 27.3 Å². The summed E-state index contributed by atoms with van der Waals surface area (Å²) in [6.45, 7) is 4.52. The van der Waals surface area contributed by atoms with Gasteiger partial charge in [-0.25, -0.2) is 13.1 Å². The molecule has 0 aliphatic heterocycles. The normalized spacial score (nSPS) is 11.2. The maximum Gasteiger partial charge on any atom is 0.261 e. The van der Waals surface area contributed by atoms with E-state index in [2.05, 4.69) is 10.0 Å². The summed E-state index contributed by atoms with van der Waals surface area (Å²) in [5.74, 6) is 0.466. The van der Waals surface area contributed by atoms with Crippen LogP contribution < -0.4 is 14.8 Å². The third-order valence-corrected chi connectivity index (χ3v) is 5.59. The van der Waals surface area contributed by atoms with Crippen LogP contribution in [-0.4, -0.2) is 34.0 Å². The topological polar surface area (TPSA) is 84.5 Å². The fourth-order valence-electron chi connectivity index (χ4n) is 2.04. The van der Waals surface area contributed by atoms with Crippen molar-refractivity contribution in [2.75, 3.05) is 19.7 Å². The van der Waals surface area contributed by atoms with E-state index in [9.17, 15) is 13.2 Å². The van der Waals surface area contributed by atoms with Crippen molar-refractivity contribution in [3.8, 4) is 5.75 Å². The molecule has 0 unspecified atom stereocenters. The SMILES string of the molecule is CCNS(=O)(=O)c1ccc(OCCNC(=O)c2cccs2)c(C)c1. The number of sulfonamides is 1. The van der Waals surface area contributed by atoms with E-state index in [1.54, 1.807) is 32.0 Å². The molecule has 0 bridgehead atoms. The van der Waals surface area contributed by atoms with Crippen molar-refractivity contribution in [1.29, 1.82) is 0 Å². The third-order valence-electron chi connectivity index (χ3n) is 3.18. The highest BCUT2D eigenvalue weighted by Gasteiger charge is 2.14. The summed E-state index contributed by atoms with van der Waals surface area (Å²) in [7, 11) is -3.47. The Morgan fingerprint density at radius 1 is 1.29 bits per heavy atom. The molecular formula is C16H20N2O4S2. The molecule has 0 saturated heterocycles. The summed E-state index contributed by atoms with van der Waals surface area (Å²) in [4.78, 5) is 12.6. The van der Waals surface area contributed by atoms with Gasteiger partial charge in [-0.3, -0.25) is 4.79 Å². The molecule has 130 valence electrons. The number of hydrogen-bond donors (Lipinski definition) is 2. The lowest BCUT2D eigenvalue weighted by Gasteiger charge is -2.11. The van der Waals surface area contributed by atoms with E-state index < -0.39 is 10.0 Å². The van der Waals surface area contributed by atoms with Crippen molar-refractivity contribution in [1.82, 2.24) is 10.0 Å². The Morgan fingerprint density at radius 2 is 2.08 bits per heavy atom. The van der Waals surface area contributed by atoms with Gasteiger partial charge in [0.15, 0.2) is 0 Å². The van der Waals surface area contributed by atoms with Gasteiger partial charge in [-0.1, -0.05) is 13.0 Å². The summed E-state index contributed by atoms with van der Waals surface area (Å²) in [5, 5.41) is 4.61. The first-order chi connectivity index (χ1) is 11.4. The molecule has 6 nitrogen and oxygen atoms in total. The van der Waals surface area contributed by atoms with Crippen molar-refractivity contribution < 1.29 is 17.9 Å². The molecule has 0 saturated carbocycles. The highest BCUT2D eigenvalue weighted by atomic mass is 32.2. The number of carbonyl (C=O) groups is 1. The molecule has 1 amide bonds. The van der Waals surface area contributed by atoms with Crippen LogP contribution >= 0.6 is 11.3 Å². The minimum absolute atomic E-state index is 0.127. The molecular weight excluding hydrogens is 348 g/mol. The number of ether oxygens (including phenoxy) is 1. The summed E-state index contributed by atoms with van der Waals surface area (Å²) < 4.78 is 31.9. The van der Waals surface area contributed by atoms with Crippen LogP contribution in [0.2, 0.25) is 0 Å². The van der Waals surface area contributed by atoms with Gasteiger partial charge in [0.1, 0.15) is 12.4 Å². The lowest BCUT2D eigenvalue weighted by Crippen LogP contribution is -2.27. The van der Waals surface area contributed by atoms with E-state index in [-0.39, 0.29) is 10.8 Å². The molecule has 1 aromatic heterocycles. The fraction of sp³-hybridized carbons (Fsp3) is 0.312. The van der Waals surface area contributed by atoms with Gasteiger partial charge in [0, 0.05) is 6.54 Å². The molecule has 1 aromatic carbocycles. The zero-order valence-corrected chi connectivity index (χ0v) is 15.2. The first-order valence-corrected chi connectivity index (χ1v) is 9.85. The Morgan fingerprint density at radius 3 is 2.71 bits per heavy atom. The van der Waals surface area contributed by atoms with Crippen LogP contribution in [0.25, 0.3) is 0 Å². The smallest absolute Gasteiger partial charge is 0.261 e. The summed E-state index contributed by atoms with van der Waals surface area (Å²) >= 11 is 1.38. The zero-order valence-electron chi connectivity index (χ0n) is 13.5. The Hall–Kier alpha value is -1.90. The van der Waals surface area contributed by atoms with Crippen LogP contribution in [-0.2, 0) is 10.0 Å². The van der Waals surface area contributed by atoms with Crippen molar-refractivity contribution in [3.05, 3.63) is 46.2 Å². The highest BCUT2D eigenvalue weighted by molar-refractivity contribution is 7.89. The standard InChI is InChI=1S/C16H20N2O4S2/c1-3-18-24(20,21)13-6-7-14(12(2)11-13)22-9-8-17-16(19)15-5-4-10-23-15/h4-7,10-11,18H,3,8-9H2,1-2H3,(H,17,19). The zero-order chi connectivity index (χ0) is 17.6. The number of aryl methyl sites for hydroxylation is 1. The lowest BCUT2D eigenvalue weighted by atomic mass is 10.2. The van der Waals surface area contributed by atoms with Crippen LogP contribution in [0.3, 0.4) is 0 Å². The Balaban J connectivity index is 1.88. The fourth-order valence-corrected chi connectivity index (χ4v) is 3.81. The van der Waals surface area contributed by atoms with Gasteiger partial charge >= 0.3 is 0 Å². The van der Waals surface area contributed by atoms with Crippen LogP contribution in [0.5, 0.6) is 5.75 Å². The predicted molar refractivity (Wildman–Crippen MR) is 94.2 cm³/mol. The van der Waals surface area contributed by atoms with E-state index >= 15 is 0 Å². The number of thiophene rings is 1. The second-order valence-electron chi connectivity index (χ2n) is 5.01. The number of nitrogens with one attached hydrogen (secondary N) is 2. The van der Waals surface area contributed by atoms with Gasteiger partial charge in [-0.15, -0.1) is 11.3 Å². The Kier molecular flexibility index (Phi) is 6.36. The van der Waals surface area contributed by atoms with E-state index in [4.69, 9.17) is 4.74 Å². The van der Waals surface area contributed by atoms with Gasteiger partial charge in [-0.05, 0) is 42.1 Å². The van der Waals surface area contributed by atoms with Gasteiger partial charge in [0.25, 0.3) is 5.91 Å². The average molecular weight is 368 g/mol. The molecule has 2 N–H and O–H groups in total. The Bertz CT molecular complexity index is 786. The average Bonchev–Trinajstić information content (AvgIpc) is 3.07. The first-order valence-electron chi connectivity index (χ1n) is 7.49. The Labute approximate surface area is 145 Å². The number of hydrogen-bond acceptors (Lipinski definition) is 5. The lowest BCUT2D eigenvalue weighted by molar-refractivity contribution is 0.0951. The van der Waals surface area contributed by atoms with Gasteiger partial charge in [0.2, 0.25) is 10.0 Å². The van der Waals surface area contributed by atoms with Gasteiger partial charge in [-0.2, -0.15) is 0 Å². The maximum absolute atomic E-state index is 11.9. The third kappa shape index (κ3) is 4.80. The molecule has 2 rings (SSSR count). The number of carbonyl (C=O) groups excluding carboxylic acids is 1. The second-order valence-corrected chi connectivity index (χ2v) is 7.72. The molecule has 0 atom stereocenters. The molecule has 2 aromatic rings. The second kappa shape index (κ2) is 8.27. The van der Waals surface area contributed by atoms with E-state index in [1.165, 1.54) is 17.4 Å². The molecule has 24 heavy (non-hydrogen) atoms. The number of amides is 1. The van der Waals surface area contributed by atoms with Crippen molar-refractivity contribution in [2.45, 2.75) is 18.7 Å². The molecule has 1 heterocycles. The molecule has 8 heteroatoms.